The maximum atomic E-state index is 11.1. The summed E-state index contributed by atoms with van der Waals surface area (Å²) >= 11 is 1.41. The number of rotatable bonds is 4. The number of hydrogen-bond acceptors (Lipinski definition) is 6. The van der Waals surface area contributed by atoms with Crippen LogP contribution in [0.5, 0.6) is 0 Å². The maximum Gasteiger partial charge on any atom is 0.251 e. The highest BCUT2D eigenvalue weighted by molar-refractivity contribution is 7.98. The molecule has 0 atom stereocenters. The van der Waals surface area contributed by atoms with Gasteiger partial charge < -0.3 is 10.4 Å². The fourth-order valence-corrected chi connectivity index (χ4v) is 2.09. The lowest BCUT2D eigenvalue weighted by molar-refractivity contribution is 0.936. The highest BCUT2D eigenvalue weighted by Crippen LogP contribution is 2.21. The third-order valence-corrected chi connectivity index (χ3v) is 2.98. The van der Waals surface area contributed by atoms with E-state index in [-0.39, 0.29) is 5.56 Å². The van der Waals surface area contributed by atoms with Crippen molar-refractivity contribution in [3.63, 3.8) is 0 Å². The molecule has 4 N–H and O–H groups in total. The Morgan fingerprint density at radius 3 is 3.00 bits per heavy atom. The topological polar surface area (TPSA) is 96.7 Å². The lowest BCUT2D eigenvalue weighted by atomic mass is 10.3. The summed E-state index contributed by atoms with van der Waals surface area (Å²) in [7, 11) is 0. The second kappa shape index (κ2) is 5.46. The molecule has 0 saturated heterocycles. The Morgan fingerprint density at radius 1 is 1.35 bits per heavy atom. The minimum atomic E-state index is -0.161. The highest BCUT2D eigenvalue weighted by atomic mass is 32.2. The van der Waals surface area contributed by atoms with Gasteiger partial charge in [-0.25, -0.2) is 15.8 Å². The number of hydrogen-bond donors (Lipinski definition) is 3. The Morgan fingerprint density at radius 2 is 2.24 bits per heavy atom. The zero-order chi connectivity index (χ0) is 12.1. The van der Waals surface area contributed by atoms with Gasteiger partial charge in [-0.1, -0.05) is 17.8 Å². The molecule has 0 aliphatic carbocycles. The number of H-pyrrole nitrogens is 1. The van der Waals surface area contributed by atoms with Crippen LogP contribution in [0.3, 0.4) is 0 Å². The van der Waals surface area contributed by atoms with Gasteiger partial charge in [0.25, 0.3) is 5.56 Å². The first kappa shape index (κ1) is 11.6. The molecule has 17 heavy (non-hydrogen) atoms. The first-order valence-corrected chi connectivity index (χ1v) is 5.87. The van der Waals surface area contributed by atoms with Gasteiger partial charge in [0.05, 0.1) is 0 Å². The molecule has 7 heteroatoms. The molecular weight excluding hydrogens is 238 g/mol. The largest absolute Gasteiger partial charge is 0.308 e. The average molecular weight is 249 g/mol. The molecule has 0 bridgehead atoms. The van der Waals surface area contributed by atoms with Crippen LogP contribution >= 0.6 is 11.8 Å². The SMILES string of the molecule is NNc1ncccc1CSc1nccc(=O)[nH]1. The number of thioether (sulfide) groups is 1. The van der Waals surface area contributed by atoms with E-state index in [1.54, 1.807) is 6.20 Å². The van der Waals surface area contributed by atoms with Crippen LogP contribution in [0.1, 0.15) is 5.56 Å². The molecule has 0 aliphatic rings. The average Bonchev–Trinajstić information content (AvgIpc) is 2.37. The molecule has 0 unspecified atom stereocenters. The van der Waals surface area contributed by atoms with Gasteiger partial charge in [0.15, 0.2) is 5.16 Å². The third-order valence-electron chi connectivity index (χ3n) is 2.04. The number of nitrogens with one attached hydrogen (secondary N) is 2. The van der Waals surface area contributed by atoms with E-state index in [0.29, 0.717) is 16.7 Å². The van der Waals surface area contributed by atoms with Crippen molar-refractivity contribution in [3.05, 3.63) is 46.5 Å². The summed E-state index contributed by atoms with van der Waals surface area (Å²) in [6.07, 6.45) is 3.14. The van der Waals surface area contributed by atoms with Gasteiger partial charge in [-0.15, -0.1) is 0 Å². The molecule has 0 saturated carbocycles. The number of anilines is 1. The van der Waals surface area contributed by atoms with Gasteiger partial charge in [0.1, 0.15) is 5.82 Å². The molecule has 2 aromatic heterocycles. The standard InChI is InChI=1S/C10H11N5OS/c11-15-9-7(2-1-4-12-9)6-17-10-13-5-3-8(16)14-10/h1-5H,6,11H2,(H,12,15)(H,13,14,16). The molecule has 2 rings (SSSR count). The summed E-state index contributed by atoms with van der Waals surface area (Å²) in [6.45, 7) is 0. The molecule has 0 aliphatic heterocycles. The molecule has 2 heterocycles. The zero-order valence-electron chi connectivity index (χ0n) is 8.88. The molecular formula is C10H11N5OS. The quantitative estimate of drug-likeness (QED) is 0.320. The van der Waals surface area contributed by atoms with E-state index in [2.05, 4.69) is 20.4 Å². The summed E-state index contributed by atoms with van der Waals surface area (Å²) in [4.78, 5) is 21.8. The molecule has 6 nitrogen and oxygen atoms in total. The zero-order valence-corrected chi connectivity index (χ0v) is 9.70. The molecule has 0 radical (unpaired) electrons. The van der Waals surface area contributed by atoms with Crippen molar-refractivity contribution in [2.24, 2.45) is 5.84 Å². The number of aromatic nitrogens is 3. The monoisotopic (exact) mass is 249 g/mol. The molecule has 0 fully saturated rings. The minimum absolute atomic E-state index is 0.161. The van der Waals surface area contributed by atoms with E-state index >= 15 is 0 Å². The van der Waals surface area contributed by atoms with Crippen LogP contribution in [-0.2, 0) is 5.75 Å². The number of nitrogen functional groups attached to an aromatic ring is 1. The van der Waals surface area contributed by atoms with Crippen LogP contribution in [-0.4, -0.2) is 15.0 Å². The Kier molecular flexibility index (Phi) is 3.73. The second-order valence-corrected chi connectivity index (χ2v) is 4.15. The number of pyridine rings is 1. The maximum absolute atomic E-state index is 11.1. The first-order valence-electron chi connectivity index (χ1n) is 4.88. The van der Waals surface area contributed by atoms with E-state index in [4.69, 9.17) is 5.84 Å². The summed E-state index contributed by atoms with van der Waals surface area (Å²) in [6, 6.07) is 5.12. The van der Waals surface area contributed by atoms with Gasteiger partial charge in [-0.05, 0) is 6.07 Å². The van der Waals surface area contributed by atoms with Gasteiger partial charge >= 0.3 is 0 Å². The molecule has 88 valence electrons. The minimum Gasteiger partial charge on any atom is -0.308 e. The number of nitrogens with zero attached hydrogens (tertiary/aromatic N) is 2. The van der Waals surface area contributed by atoms with Crippen LogP contribution in [0, 0.1) is 0 Å². The van der Waals surface area contributed by atoms with Gasteiger partial charge in [-0.2, -0.15) is 0 Å². The number of aromatic amines is 1. The van der Waals surface area contributed by atoms with Crippen molar-refractivity contribution in [2.75, 3.05) is 5.43 Å². The summed E-state index contributed by atoms with van der Waals surface area (Å²) in [5.74, 6) is 6.60. The summed E-state index contributed by atoms with van der Waals surface area (Å²) in [5.41, 5.74) is 3.32. The van der Waals surface area contributed by atoms with Gasteiger partial charge in [-0.3, -0.25) is 4.79 Å². The van der Waals surface area contributed by atoms with Crippen molar-refractivity contribution in [1.82, 2.24) is 15.0 Å². The Hall–Kier alpha value is -1.86. The van der Waals surface area contributed by atoms with Gasteiger partial charge in [0, 0.05) is 29.8 Å². The van der Waals surface area contributed by atoms with Gasteiger partial charge in [0.2, 0.25) is 0 Å². The predicted molar refractivity (Wildman–Crippen MR) is 66.5 cm³/mol. The lowest BCUT2D eigenvalue weighted by Gasteiger charge is -2.06. The summed E-state index contributed by atoms with van der Waals surface area (Å²) < 4.78 is 0. The van der Waals surface area contributed by atoms with E-state index in [1.807, 2.05) is 12.1 Å². The van der Waals surface area contributed by atoms with Crippen molar-refractivity contribution >= 4 is 17.6 Å². The molecule has 0 spiro atoms. The molecule has 0 amide bonds. The molecule has 0 aromatic carbocycles. The fourth-order valence-electron chi connectivity index (χ4n) is 1.26. The van der Waals surface area contributed by atoms with Crippen molar-refractivity contribution < 1.29 is 0 Å². The van der Waals surface area contributed by atoms with E-state index in [1.165, 1.54) is 24.0 Å². The first-order chi connectivity index (χ1) is 8.29. The van der Waals surface area contributed by atoms with Crippen LogP contribution in [0.2, 0.25) is 0 Å². The normalized spacial score (nSPS) is 10.2. The van der Waals surface area contributed by atoms with E-state index in [9.17, 15) is 4.79 Å². The second-order valence-electron chi connectivity index (χ2n) is 3.18. The Balaban J connectivity index is 2.09. The van der Waals surface area contributed by atoms with Crippen molar-refractivity contribution in [1.29, 1.82) is 0 Å². The van der Waals surface area contributed by atoms with E-state index < -0.39 is 0 Å². The molecule has 2 aromatic rings. The number of nitrogens with two attached hydrogens (primary N) is 1. The summed E-state index contributed by atoms with van der Waals surface area (Å²) in [5, 5.41) is 0.573. The Labute approximate surface area is 102 Å². The van der Waals surface area contributed by atoms with Crippen LogP contribution in [0.4, 0.5) is 5.82 Å². The lowest BCUT2D eigenvalue weighted by Crippen LogP contribution is -2.10. The van der Waals surface area contributed by atoms with Crippen molar-refractivity contribution in [2.45, 2.75) is 10.9 Å². The van der Waals surface area contributed by atoms with Crippen LogP contribution in [0.25, 0.3) is 0 Å². The third kappa shape index (κ3) is 3.05. The van der Waals surface area contributed by atoms with Crippen molar-refractivity contribution in [3.8, 4) is 0 Å². The van der Waals surface area contributed by atoms with E-state index in [0.717, 1.165) is 5.56 Å². The van der Waals surface area contributed by atoms with Crippen LogP contribution < -0.4 is 16.8 Å². The number of hydrazine groups is 1. The smallest absolute Gasteiger partial charge is 0.251 e. The van der Waals surface area contributed by atoms with Crippen LogP contribution in [0.15, 0.2) is 40.5 Å². The highest BCUT2D eigenvalue weighted by Gasteiger charge is 2.03. The Bertz CT molecular complexity index is 556. The fraction of sp³-hybridized carbons (Fsp3) is 0.100. The predicted octanol–water partition coefficient (Wildman–Crippen LogP) is 0.743.